The topological polar surface area (TPSA) is 170 Å². The van der Waals surface area contributed by atoms with Gasteiger partial charge in [0.25, 0.3) is 0 Å². The van der Waals surface area contributed by atoms with E-state index in [-0.39, 0.29) is 37.7 Å². The number of hydrogen-bond donors (Lipinski definition) is 5. The molecular weight excluding hydrogens is 598 g/mol. The highest BCUT2D eigenvalue weighted by molar-refractivity contribution is 5.93. The number of fused-ring (bicyclic) bond motifs is 1. The number of piperidine rings is 1. The van der Waals surface area contributed by atoms with E-state index in [0.29, 0.717) is 13.0 Å². The summed E-state index contributed by atoms with van der Waals surface area (Å²) in [6.07, 6.45) is -0.569. The number of hydrogen-bond acceptors (Lipinski definition) is 7. The third kappa shape index (κ3) is 10.3. The van der Waals surface area contributed by atoms with E-state index < -0.39 is 48.1 Å². The molecule has 1 saturated heterocycles. The van der Waals surface area contributed by atoms with Crippen LogP contribution in [-0.4, -0.2) is 59.7 Å². The number of ether oxygens (including phenoxy) is 1. The Morgan fingerprint density at radius 2 is 1.66 bits per heavy atom. The SMILES string of the molecule is CC(C)C[C@H](NC(=O)[C@H](Cc1cccc2ccccc12)NC(=O)OCc1ccccc1)C(=O)N[C@@H](C[C@@H]1CCCNC1=O)[C@H](O)C#N. The van der Waals surface area contributed by atoms with E-state index in [0.717, 1.165) is 28.3 Å². The fraction of sp³-hybridized carbons (Fsp3) is 0.417. The number of nitrogens with zero attached hydrogens (tertiary/aromatic N) is 1. The van der Waals surface area contributed by atoms with Crippen molar-refractivity contribution in [2.24, 2.45) is 11.8 Å². The Morgan fingerprint density at radius 1 is 0.957 bits per heavy atom. The lowest BCUT2D eigenvalue weighted by Crippen LogP contribution is -2.57. The summed E-state index contributed by atoms with van der Waals surface area (Å²) in [7, 11) is 0. The predicted octanol–water partition coefficient (Wildman–Crippen LogP) is 3.49. The molecule has 248 valence electrons. The van der Waals surface area contributed by atoms with Crippen molar-refractivity contribution in [2.75, 3.05) is 6.54 Å². The summed E-state index contributed by atoms with van der Waals surface area (Å²) in [5, 5.41) is 32.8. The van der Waals surface area contributed by atoms with Crippen molar-refractivity contribution >= 4 is 34.6 Å². The maximum Gasteiger partial charge on any atom is 0.408 e. The van der Waals surface area contributed by atoms with Crippen molar-refractivity contribution in [1.82, 2.24) is 21.3 Å². The average Bonchev–Trinajstić information content (AvgIpc) is 3.07. The minimum Gasteiger partial charge on any atom is -0.445 e. The molecule has 1 fully saturated rings. The Labute approximate surface area is 275 Å². The van der Waals surface area contributed by atoms with Crippen molar-refractivity contribution in [3.05, 3.63) is 83.9 Å². The van der Waals surface area contributed by atoms with Crippen LogP contribution in [0.1, 0.15) is 50.7 Å². The van der Waals surface area contributed by atoms with Gasteiger partial charge in [-0.1, -0.05) is 86.6 Å². The third-order valence-corrected chi connectivity index (χ3v) is 8.24. The number of amides is 4. The molecule has 1 heterocycles. The smallest absolute Gasteiger partial charge is 0.408 e. The van der Waals surface area contributed by atoms with Crippen LogP contribution in [0.3, 0.4) is 0 Å². The number of aliphatic hydroxyl groups is 1. The molecule has 0 aliphatic carbocycles. The molecule has 4 rings (SSSR count). The number of carbonyl (C=O) groups is 4. The highest BCUT2D eigenvalue weighted by atomic mass is 16.5. The van der Waals surface area contributed by atoms with Crippen molar-refractivity contribution in [1.29, 1.82) is 5.26 Å². The monoisotopic (exact) mass is 641 g/mol. The molecule has 5 atom stereocenters. The zero-order chi connectivity index (χ0) is 33.8. The molecule has 0 saturated carbocycles. The highest BCUT2D eigenvalue weighted by Gasteiger charge is 2.33. The normalized spacial score (nSPS) is 17.0. The number of alkyl carbamates (subject to hydrolysis) is 1. The first kappa shape index (κ1) is 34.9. The Hall–Kier alpha value is -4.95. The van der Waals surface area contributed by atoms with Crippen LogP contribution in [0.25, 0.3) is 10.8 Å². The highest BCUT2D eigenvalue weighted by Crippen LogP contribution is 2.21. The van der Waals surface area contributed by atoms with Crippen LogP contribution in [0.15, 0.2) is 72.8 Å². The number of benzene rings is 3. The van der Waals surface area contributed by atoms with E-state index in [4.69, 9.17) is 4.74 Å². The molecule has 0 spiro atoms. The molecule has 3 aromatic carbocycles. The van der Waals surface area contributed by atoms with Gasteiger partial charge in [0.1, 0.15) is 18.7 Å². The number of nitriles is 1. The van der Waals surface area contributed by atoms with Gasteiger partial charge < -0.3 is 31.1 Å². The van der Waals surface area contributed by atoms with Crippen molar-refractivity contribution in [3.8, 4) is 6.07 Å². The van der Waals surface area contributed by atoms with Crippen LogP contribution >= 0.6 is 0 Å². The zero-order valence-electron chi connectivity index (χ0n) is 26.8. The van der Waals surface area contributed by atoms with Crippen LogP contribution in [0.4, 0.5) is 4.79 Å². The second-order valence-electron chi connectivity index (χ2n) is 12.3. The molecule has 0 bridgehead atoms. The lowest BCUT2D eigenvalue weighted by atomic mass is 9.89. The standard InChI is InChI=1S/C36H43N5O6/c1-23(2)18-30(34(44)39-29(32(42)21-37)20-27-15-9-17-38-33(27)43)40-35(45)31(41-36(46)47-22-24-10-4-3-5-11-24)19-26-14-8-13-25-12-6-7-16-28(25)26/h3-8,10-14,16,23,27,29-32,42H,9,15,17-20,22H2,1-2H3,(H,38,43)(H,39,44)(H,40,45)(H,41,46)/t27-,29-,30-,31-,32+/m0/s1. The lowest BCUT2D eigenvalue weighted by Gasteiger charge is -2.30. The zero-order valence-corrected chi connectivity index (χ0v) is 26.8. The van der Waals surface area contributed by atoms with E-state index in [2.05, 4.69) is 21.3 Å². The summed E-state index contributed by atoms with van der Waals surface area (Å²) in [6.45, 7) is 4.36. The van der Waals surface area contributed by atoms with E-state index in [9.17, 15) is 29.5 Å². The second kappa shape index (κ2) is 17.1. The molecule has 4 amide bonds. The van der Waals surface area contributed by atoms with Crippen LogP contribution < -0.4 is 21.3 Å². The number of aliphatic hydroxyl groups excluding tert-OH is 1. The number of rotatable bonds is 14. The van der Waals surface area contributed by atoms with Gasteiger partial charge in [-0.25, -0.2) is 4.79 Å². The molecule has 5 N–H and O–H groups in total. The van der Waals surface area contributed by atoms with Gasteiger partial charge in [0, 0.05) is 18.9 Å². The summed E-state index contributed by atoms with van der Waals surface area (Å²) < 4.78 is 5.42. The quantitative estimate of drug-likeness (QED) is 0.168. The number of carbonyl (C=O) groups excluding carboxylic acids is 4. The van der Waals surface area contributed by atoms with E-state index >= 15 is 0 Å². The summed E-state index contributed by atoms with van der Waals surface area (Å²) in [5.41, 5.74) is 1.60. The molecule has 11 heteroatoms. The van der Waals surface area contributed by atoms with Gasteiger partial charge in [0.05, 0.1) is 12.1 Å². The van der Waals surface area contributed by atoms with E-state index in [1.165, 1.54) is 0 Å². The third-order valence-electron chi connectivity index (χ3n) is 8.24. The summed E-state index contributed by atoms with van der Waals surface area (Å²) >= 11 is 0. The molecule has 0 aromatic heterocycles. The Kier molecular flexibility index (Phi) is 12.7. The molecule has 1 aliphatic rings. The van der Waals surface area contributed by atoms with Crippen molar-refractivity contribution in [2.45, 2.75) is 76.8 Å². The average molecular weight is 642 g/mol. The Bertz CT molecular complexity index is 1570. The minimum atomic E-state index is -1.55. The molecule has 0 unspecified atom stereocenters. The molecular formula is C36H43N5O6. The predicted molar refractivity (Wildman–Crippen MR) is 176 cm³/mol. The van der Waals surface area contributed by atoms with Gasteiger partial charge in [-0.3, -0.25) is 14.4 Å². The second-order valence-corrected chi connectivity index (χ2v) is 12.3. The van der Waals surface area contributed by atoms with E-state index in [1.54, 1.807) is 6.07 Å². The fourth-order valence-corrected chi connectivity index (χ4v) is 5.79. The fourth-order valence-electron chi connectivity index (χ4n) is 5.79. The number of nitrogens with one attached hydrogen (secondary N) is 4. The molecule has 11 nitrogen and oxygen atoms in total. The van der Waals surface area contributed by atoms with Gasteiger partial charge in [-0.05, 0) is 53.5 Å². The van der Waals surface area contributed by atoms with Gasteiger partial charge in [-0.2, -0.15) is 5.26 Å². The van der Waals surface area contributed by atoms with Crippen LogP contribution in [0, 0.1) is 23.2 Å². The minimum absolute atomic E-state index is 0.00921. The van der Waals surface area contributed by atoms with Gasteiger partial charge >= 0.3 is 6.09 Å². The van der Waals surface area contributed by atoms with Crippen LogP contribution in [-0.2, 0) is 32.1 Å². The summed E-state index contributed by atoms with van der Waals surface area (Å²) in [4.78, 5) is 52.9. The maximum atomic E-state index is 13.9. The summed E-state index contributed by atoms with van der Waals surface area (Å²) in [5.74, 6) is -1.87. The van der Waals surface area contributed by atoms with Crippen LogP contribution in [0.2, 0.25) is 0 Å². The molecule has 3 aromatic rings. The van der Waals surface area contributed by atoms with Crippen LogP contribution in [0.5, 0.6) is 0 Å². The largest absolute Gasteiger partial charge is 0.445 e. The first-order valence-corrected chi connectivity index (χ1v) is 16.0. The van der Waals surface area contributed by atoms with Crippen molar-refractivity contribution in [3.63, 3.8) is 0 Å². The summed E-state index contributed by atoms with van der Waals surface area (Å²) in [6, 6.07) is 21.2. The first-order valence-electron chi connectivity index (χ1n) is 16.0. The van der Waals surface area contributed by atoms with Gasteiger partial charge in [0.2, 0.25) is 17.7 Å². The van der Waals surface area contributed by atoms with Gasteiger partial charge in [0.15, 0.2) is 6.10 Å². The lowest BCUT2D eigenvalue weighted by molar-refractivity contribution is -0.131. The van der Waals surface area contributed by atoms with E-state index in [1.807, 2.05) is 86.6 Å². The van der Waals surface area contributed by atoms with Crippen molar-refractivity contribution < 1.29 is 29.0 Å². The van der Waals surface area contributed by atoms with Gasteiger partial charge in [-0.15, -0.1) is 0 Å². The Balaban J connectivity index is 1.53. The first-order chi connectivity index (χ1) is 22.6. The Morgan fingerprint density at radius 3 is 2.38 bits per heavy atom. The molecule has 0 radical (unpaired) electrons. The molecule has 47 heavy (non-hydrogen) atoms. The molecule has 1 aliphatic heterocycles. The maximum absolute atomic E-state index is 13.9.